The van der Waals surface area contributed by atoms with Gasteiger partial charge in [0.15, 0.2) is 0 Å². The lowest BCUT2D eigenvalue weighted by Gasteiger charge is -2.33. The fraction of sp³-hybridized carbons (Fsp3) is 0.833. The third kappa shape index (κ3) is 4.62. The SMILES string of the molecule is COC(C)C(=O)N1CCC(OCCC(=O)O)CC1. The van der Waals surface area contributed by atoms with Gasteiger partial charge in [-0.1, -0.05) is 0 Å². The maximum atomic E-state index is 11.8. The zero-order chi connectivity index (χ0) is 13.5. The predicted molar refractivity (Wildman–Crippen MR) is 64.3 cm³/mol. The Morgan fingerprint density at radius 3 is 2.50 bits per heavy atom. The van der Waals surface area contributed by atoms with Crippen LogP contribution in [0.4, 0.5) is 0 Å². The van der Waals surface area contributed by atoms with E-state index in [-0.39, 0.29) is 25.0 Å². The van der Waals surface area contributed by atoms with Gasteiger partial charge in [-0.05, 0) is 19.8 Å². The van der Waals surface area contributed by atoms with Gasteiger partial charge in [0.25, 0.3) is 5.91 Å². The molecule has 18 heavy (non-hydrogen) atoms. The Morgan fingerprint density at radius 1 is 1.39 bits per heavy atom. The molecule has 0 aromatic carbocycles. The van der Waals surface area contributed by atoms with E-state index in [1.165, 1.54) is 7.11 Å². The van der Waals surface area contributed by atoms with Gasteiger partial charge in [0.2, 0.25) is 0 Å². The normalized spacial score (nSPS) is 18.7. The molecule has 1 atom stereocenters. The van der Waals surface area contributed by atoms with Crippen molar-refractivity contribution in [3.05, 3.63) is 0 Å². The van der Waals surface area contributed by atoms with Crippen molar-refractivity contribution in [2.24, 2.45) is 0 Å². The van der Waals surface area contributed by atoms with E-state index in [1.54, 1.807) is 11.8 Å². The fourth-order valence-electron chi connectivity index (χ4n) is 1.91. The van der Waals surface area contributed by atoms with Crippen molar-refractivity contribution >= 4 is 11.9 Å². The minimum Gasteiger partial charge on any atom is -0.481 e. The Hall–Kier alpha value is -1.14. The van der Waals surface area contributed by atoms with E-state index in [9.17, 15) is 9.59 Å². The van der Waals surface area contributed by atoms with E-state index < -0.39 is 12.1 Å². The molecule has 1 fully saturated rings. The smallest absolute Gasteiger partial charge is 0.305 e. The number of carboxylic acids is 1. The van der Waals surface area contributed by atoms with Gasteiger partial charge in [-0.2, -0.15) is 0 Å². The summed E-state index contributed by atoms with van der Waals surface area (Å²) in [7, 11) is 1.52. The number of piperidine rings is 1. The van der Waals surface area contributed by atoms with E-state index >= 15 is 0 Å². The molecular weight excluding hydrogens is 238 g/mol. The standard InChI is InChI=1S/C12H21NO5/c1-9(17-2)12(16)13-6-3-10(4-7-13)18-8-5-11(14)15/h9-10H,3-8H2,1-2H3,(H,14,15). The summed E-state index contributed by atoms with van der Waals surface area (Å²) in [6.07, 6.45) is 1.18. The highest BCUT2D eigenvalue weighted by Gasteiger charge is 2.26. The van der Waals surface area contributed by atoms with Crippen LogP contribution in [0, 0.1) is 0 Å². The highest BCUT2D eigenvalue weighted by molar-refractivity contribution is 5.80. The van der Waals surface area contributed by atoms with E-state index in [0.717, 1.165) is 12.8 Å². The second-order valence-electron chi connectivity index (χ2n) is 4.42. The molecule has 0 aromatic heterocycles. The molecule has 0 spiro atoms. The summed E-state index contributed by atoms with van der Waals surface area (Å²) in [5.41, 5.74) is 0. The molecule has 6 nitrogen and oxygen atoms in total. The molecule has 1 amide bonds. The van der Waals surface area contributed by atoms with Crippen LogP contribution in [0.1, 0.15) is 26.2 Å². The molecule has 1 saturated heterocycles. The molecule has 1 aliphatic heterocycles. The number of nitrogens with zero attached hydrogens (tertiary/aromatic N) is 1. The number of carboxylic acid groups (broad SMARTS) is 1. The average Bonchev–Trinajstić information content (AvgIpc) is 2.37. The van der Waals surface area contributed by atoms with Crippen LogP contribution in [-0.4, -0.2) is 60.9 Å². The predicted octanol–water partition coefficient (Wildman–Crippen LogP) is 0.504. The molecule has 0 aliphatic carbocycles. The minimum atomic E-state index is -0.850. The Balaban J connectivity index is 2.24. The number of likely N-dealkylation sites (tertiary alicyclic amines) is 1. The Labute approximate surface area is 107 Å². The van der Waals surface area contributed by atoms with Gasteiger partial charge < -0.3 is 19.5 Å². The number of amides is 1. The Kier molecular flexibility index (Phi) is 6.07. The van der Waals surface area contributed by atoms with Gasteiger partial charge in [0.05, 0.1) is 19.1 Å². The van der Waals surface area contributed by atoms with Crippen molar-refractivity contribution in [3.8, 4) is 0 Å². The van der Waals surface area contributed by atoms with Crippen LogP contribution >= 0.6 is 0 Å². The van der Waals surface area contributed by atoms with E-state index in [2.05, 4.69) is 0 Å². The lowest BCUT2D eigenvalue weighted by atomic mass is 10.1. The van der Waals surface area contributed by atoms with Gasteiger partial charge in [-0.25, -0.2) is 0 Å². The molecule has 1 heterocycles. The highest BCUT2D eigenvalue weighted by atomic mass is 16.5. The fourth-order valence-corrected chi connectivity index (χ4v) is 1.91. The first-order valence-electron chi connectivity index (χ1n) is 6.19. The van der Waals surface area contributed by atoms with Gasteiger partial charge in [0.1, 0.15) is 6.10 Å². The van der Waals surface area contributed by atoms with Crippen molar-refractivity contribution in [3.63, 3.8) is 0 Å². The van der Waals surface area contributed by atoms with Crippen molar-refractivity contribution in [1.82, 2.24) is 4.90 Å². The average molecular weight is 259 g/mol. The molecule has 0 bridgehead atoms. The number of carbonyl (C=O) groups is 2. The van der Waals surface area contributed by atoms with Crippen LogP contribution in [-0.2, 0) is 19.1 Å². The summed E-state index contributed by atoms with van der Waals surface area (Å²) >= 11 is 0. The van der Waals surface area contributed by atoms with Crippen LogP contribution in [0.2, 0.25) is 0 Å². The van der Waals surface area contributed by atoms with E-state index in [4.69, 9.17) is 14.6 Å². The van der Waals surface area contributed by atoms with Crippen LogP contribution in [0.5, 0.6) is 0 Å². The quantitative estimate of drug-likeness (QED) is 0.752. The lowest BCUT2D eigenvalue weighted by Crippen LogP contribution is -2.45. The first-order valence-corrected chi connectivity index (χ1v) is 6.19. The van der Waals surface area contributed by atoms with E-state index in [1.807, 2.05) is 0 Å². The second kappa shape index (κ2) is 7.33. The number of rotatable bonds is 6. The molecular formula is C12H21NO5. The van der Waals surface area contributed by atoms with Crippen molar-refractivity contribution in [2.45, 2.75) is 38.4 Å². The molecule has 6 heteroatoms. The van der Waals surface area contributed by atoms with Gasteiger partial charge in [0, 0.05) is 20.2 Å². The number of methoxy groups -OCH3 is 1. The number of hydrogen-bond donors (Lipinski definition) is 1. The lowest BCUT2D eigenvalue weighted by molar-refractivity contribution is -0.143. The van der Waals surface area contributed by atoms with Crippen LogP contribution in [0.3, 0.4) is 0 Å². The van der Waals surface area contributed by atoms with Crippen molar-refractivity contribution in [2.75, 3.05) is 26.8 Å². The third-order valence-electron chi connectivity index (χ3n) is 3.12. The number of carbonyl (C=O) groups excluding carboxylic acids is 1. The summed E-state index contributed by atoms with van der Waals surface area (Å²) in [5.74, 6) is -0.849. The van der Waals surface area contributed by atoms with Crippen molar-refractivity contribution < 1.29 is 24.2 Å². The summed E-state index contributed by atoms with van der Waals surface area (Å²) in [6.45, 7) is 3.26. The van der Waals surface area contributed by atoms with Gasteiger partial charge in [-0.15, -0.1) is 0 Å². The first-order chi connectivity index (χ1) is 8.54. The molecule has 0 saturated carbocycles. The van der Waals surface area contributed by atoms with E-state index in [0.29, 0.717) is 13.1 Å². The number of ether oxygens (including phenoxy) is 2. The summed E-state index contributed by atoms with van der Waals surface area (Å²) in [6, 6.07) is 0. The molecule has 1 rings (SSSR count). The molecule has 1 unspecified atom stereocenters. The van der Waals surface area contributed by atoms with Gasteiger partial charge in [-0.3, -0.25) is 9.59 Å². The second-order valence-corrected chi connectivity index (χ2v) is 4.42. The largest absolute Gasteiger partial charge is 0.481 e. The van der Waals surface area contributed by atoms with Crippen molar-refractivity contribution in [1.29, 1.82) is 0 Å². The minimum absolute atomic E-state index is 0.00138. The van der Waals surface area contributed by atoms with Crippen LogP contribution < -0.4 is 0 Å². The molecule has 0 radical (unpaired) electrons. The van der Waals surface area contributed by atoms with Crippen LogP contribution in [0.15, 0.2) is 0 Å². The van der Waals surface area contributed by atoms with Gasteiger partial charge >= 0.3 is 5.97 Å². The molecule has 1 N–H and O–H groups in total. The number of aliphatic carboxylic acids is 1. The summed E-state index contributed by atoms with van der Waals surface area (Å²) in [4.78, 5) is 23.9. The first kappa shape index (κ1) is 14.9. The Bertz CT molecular complexity index is 286. The zero-order valence-corrected chi connectivity index (χ0v) is 10.9. The number of hydrogen-bond acceptors (Lipinski definition) is 4. The summed E-state index contributed by atoms with van der Waals surface area (Å²) < 4.78 is 10.5. The third-order valence-corrected chi connectivity index (χ3v) is 3.12. The molecule has 1 aliphatic rings. The Morgan fingerprint density at radius 2 is 2.00 bits per heavy atom. The maximum Gasteiger partial charge on any atom is 0.305 e. The topological polar surface area (TPSA) is 76.1 Å². The molecule has 0 aromatic rings. The zero-order valence-electron chi connectivity index (χ0n) is 10.9. The van der Waals surface area contributed by atoms with Crippen LogP contribution in [0.25, 0.3) is 0 Å². The molecule has 104 valence electrons. The monoisotopic (exact) mass is 259 g/mol. The highest BCUT2D eigenvalue weighted by Crippen LogP contribution is 2.15. The summed E-state index contributed by atoms with van der Waals surface area (Å²) in [5, 5.41) is 8.50. The maximum absolute atomic E-state index is 11.8.